The predicted molar refractivity (Wildman–Crippen MR) is 56.0 cm³/mol. The van der Waals surface area contributed by atoms with Gasteiger partial charge in [-0.25, -0.2) is 9.78 Å². The molecule has 0 atom stereocenters. The average molecular weight is 208 g/mol. The summed E-state index contributed by atoms with van der Waals surface area (Å²) in [5, 5.41) is 0. The van der Waals surface area contributed by atoms with Gasteiger partial charge in [0.15, 0.2) is 5.65 Å². The number of nitrogens with zero attached hydrogens (tertiary/aromatic N) is 2. The zero-order valence-corrected chi connectivity index (χ0v) is 8.63. The molecule has 0 radical (unpaired) electrons. The standard InChI is InChI=1S/C9H12N4O2/c1-3-4-5-10-6-7(11-5)12-9(15)13(2)8(6)14/h3-4H2,1-2H3,(H,10,11)(H,12,15). The van der Waals surface area contributed by atoms with Crippen LogP contribution in [-0.2, 0) is 13.5 Å². The van der Waals surface area contributed by atoms with Crippen molar-refractivity contribution in [3.05, 3.63) is 26.7 Å². The summed E-state index contributed by atoms with van der Waals surface area (Å²) < 4.78 is 1.02. The highest BCUT2D eigenvalue weighted by atomic mass is 16.2. The van der Waals surface area contributed by atoms with Gasteiger partial charge in [0.25, 0.3) is 5.56 Å². The molecule has 0 bridgehead atoms. The van der Waals surface area contributed by atoms with E-state index in [1.54, 1.807) is 0 Å². The SMILES string of the molecule is CCCc1nc2[nH]c(=O)n(C)c(=O)c2[nH]1. The van der Waals surface area contributed by atoms with Gasteiger partial charge in [-0.05, 0) is 6.42 Å². The molecule has 0 saturated heterocycles. The van der Waals surface area contributed by atoms with Crippen LogP contribution in [0.25, 0.3) is 11.2 Å². The largest absolute Gasteiger partial charge is 0.336 e. The predicted octanol–water partition coefficient (Wildman–Crippen LogP) is -0.0976. The summed E-state index contributed by atoms with van der Waals surface area (Å²) in [5.41, 5.74) is -0.0854. The molecule has 0 aliphatic carbocycles. The molecule has 0 aromatic carbocycles. The maximum atomic E-state index is 11.6. The number of fused-ring (bicyclic) bond motifs is 1. The lowest BCUT2D eigenvalue weighted by Gasteiger charge is -1.93. The van der Waals surface area contributed by atoms with Crippen LogP contribution in [0.4, 0.5) is 0 Å². The molecule has 15 heavy (non-hydrogen) atoms. The summed E-state index contributed by atoms with van der Waals surface area (Å²) in [6.07, 6.45) is 1.70. The van der Waals surface area contributed by atoms with Crippen molar-refractivity contribution in [2.24, 2.45) is 7.05 Å². The number of hydrogen-bond acceptors (Lipinski definition) is 3. The third kappa shape index (κ3) is 1.47. The van der Waals surface area contributed by atoms with E-state index in [0.29, 0.717) is 11.2 Å². The van der Waals surface area contributed by atoms with Crippen LogP contribution in [0.2, 0.25) is 0 Å². The number of aromatic nitrogens is 4. The van der Waals surface area contributed by atoms with Crippen LogP contribution in [-0.4, -0.2) is 19.5 Å². The number of imidazole rings is 1. The summed E-state index contributed by atoms with van der Waals surface area (Å²) in [6.45, 7) is 2.02. The fourth-order valence-corrected chi connectivity index (χ4v) is 1.47. The number of rotatable bonds is 2. The van der Waals surface area contributed by atoms with Crippen LogP contribution < -0.4 is 11.2 Å². The van der Waals surface area contributed by atoms with E-state index >= 15 is 0 Å². The molecule has 0 fully saturated rings. The van der Waals surface area contributed by atoms with Gasteiger partial charge < -0.3 is 4.98 Å². The number of nitrogens with one attached hydrogen (secondary N) is 2. The third-order valence-corrected chi connectivity index (χ3v) is 2.29. The van der Waals surface area contributed by atoms with Crippen molar-refractivity contribution in [2.75, 3.05) is 0 Å². The van der Waals surface area contributed by atoms with Crippen molar-refractivity contribution in [3.8, 4) is 0 Å². The van der Waals surface area contributed by atoms with Crippen molar-refractivity contribution in [1.29, 1.82) is 0 Å². The van der Waals surface area contributed by atoms with Gasteiger partial charge in [0.1, 0.15) is 11.3 Å². The molecular formula is C9H12N4O2. The maximum Gasteiger partial charge on any atom is 0.329 e. The van der Waals surface area contributed by atoms with Gasteiger partial charge in [0.2, 0.25) is 0 Å². The number of hydrogen-bond donors (Lipinski definition) is 2. The first-order chi connectivity index (χ1) is 7.13. The second-order valence-corrected chi connectivity index (χ2v) is 3.45. The highest BCUT2D eigenvalue weighted by Gasteiger charge is 2.08. The topological polar surface area (TPSA) is 83.5 Å². The molecule has 0 saturated carbocycles. The van der Waals surface area contributed by atoms with E-state index in [4.69, 9.17) is 0 Å². The molecule has 6 heteroatoms. The van der Waals surface area contributed by atoms with Crippen LogP contribution in [0.3, 0.4) is 0 Å². The van der Waals surface area contributed by atoms with Gasteiger partial charge in [-0.15, -0.1) is 0 Å². The Balaban J connectivity index is 2.77. The zero-order valence-electron chi connectivity index (χ0n) is 8.63. The lowest BCUT2D eigenvalue weighted by atomic mass is 10.3. The van der Waals surface area contributed by atoms with E-state index < -0.39 is 5.69 Å². The first-order valence-corrected chi connectivity index (χ1v) is 4.81. The maximum absolute atomic E-state index is 11.6. The van der Waals surface area contributed by atoms with Crippen LogP contribution in [0.1, 0.15) is 19.2 Å². The molecule has 0 spiro atoms. The van der Waals surface area contributed by atoms with Gasteiger partial charge >= 0.3 is 5.69 Å². The Hall–Kier alpha value is -1.85. The van der Waals surface area contributed by atoms with Crippen LogP contribution in [0.5, 0.6) is 0 Å². The normalized spacial score (nSPS) is 11.1. The minimum Gasteiger partial charge on any atom is -0.336 e. The van der Waals surface area contributed by atoms with Gasteiger partial charge in [0, 0.05) is 13.5 Å². The highest BCUT2D eigenvalue weighted by molar-refractivity contribution is 5.68. The molecule has 80 valence electrons. The van der Waals surface area contributed by atoms with Crippen LogP contribution in [0.15, 0.2) is 9.59 Å². The molecule has 6 nitrogen and oxygen atoms in total. The zero-order chi connectivity index (χ0) is 11.0. The smallest absolute Gasteiger partial charge is 0.329 e. The number of H-pyrrole nitrogens is 2. The Kier molecular flexibility index (Phi) is 2.18. The Morgan fingerprint density at radius 2 is 2.07 bits per heavy atom. The molecule has 2 rings (SSSR count). The summed E-state index contributed by atoms with van der Waals surface area (Å²) in [4.78, 5) is 32.5. The van der Waals surface area contributed by atoms with E-state index in [2.05, 4.69) is 15.0 Å². The summed E-state index contributed by atoms with van der Waals surface area (Å²) >= 11 is 0. The Morgan fingerprint density at radius 1 is 1.33 bits per heavy atom. The van der Waals surface area contributed by atoms with Crippen molar-refractivity contribution >= 4 is 11.2 Å². The van der Waals surface area contributed by atoms with E-state index in [-0.39, 0.29) is 5.56 Å². The fraction of sp³-hybridized carbons (Fsp3) is 0.444. The van der Waals surface area contributed by atoms with Crippen molar-refractivity contribution < 1.29 is 0 Å². The molecule has 0 amide bonds. The Bertz CT molecular complexity index is 605. The molecule has 0 aliphatic rings. The van der Waals surface area contributed by atoms with E-state index in [1.807, 2.05) is 6.92 Å². The quantitative estimate of drug-likeness (QED) is 0.723. The molecule has 2 heterocycles. The van der Waals surface area contributed by atoms with Crippen molar-refractivity contribution in [3.63, 3.8) is 0 Å². The molecule has 0 aliphatic heterocycles. The average Bonchev–Trinajstić information content (AvgIpc) is 2.58. The molecule has 2 N–H and O–H groups in total. The van der Waals surface area contributed by atoms with Crippen molar-refractivity contribution in [1.82, 2.24) is 19.5 Å². The molecular weight excluding hydrogens is 196 g/mol. The lowest BCUT2D eigenvalue weighted by Crippen LogP contribution is -2.32. The van der Waals surface area contributed by atoms with Gasteiger partial charge in [-0.2, -0.15) is 0 Å². The molecule has 0 unspecified atom stereocenters. The van der Waals surface area contributed by atoms with Crippen LogP contribution in [0, 0.1) is 0 Å². The first-order valence-electron chi connectivity index (χ1n) is 4.81. The second kappa shape index (κ2) is 3.38. The van der Waals surface area contributed by atoms with Gasteiger partial charge in [-0.3, -0.25) is 14.3 Å². The minimum absolute atomic E-state index is 0.339. The summed E-state index contributed by atoms with van der Waals surface area (Å²) in [7, 11) is 1.43. The molecule has 2 aromatic rings. The minimum atomic E-state index is -0.443. The highest BCUT2D eigenvalue weighted by Crippen LogP contribution is 2.03. The van der Waals surface area contributed by atoms with Gasteiger partial charge in [0.05, 0.1) is 0 Å². The summed E-state index contributed by atoms with van der Waals surface area (Å²) in [5.74, 6) is 0.728. The van der Waals surface area contributed by atoms with E-state index in [9.17, 15) is 9.59 Å². The monoisotopic (exact) mass is 208 g/mol. The van der Waals surface area contributed by atoms with Crippen LogP contribution >= 0.6 is 0 Å². The fourth-order valence-electron chi connectivity index (χ4n) is 1.47. The second-order valence-electron chi connectivity index (χ2n) is 3.45. The Morgan fingerprint density at radius 3 is 2.73 bits per heavy atom. The van der Waals surface area contributed by atoms with Crippen molar-refractivity contribution in [2.45, 2.75) is 19.8 Å². The van der Waals surface area contributed by atoms with Gasteiger partial charge in [-0.1, -0.05) is 6.92 Å². The molecule has 2 aromatic heterocycles. The third-order valence-electron chi connectivity index (χ3n) is 2.29. The Labute approximate surface area is 85.0 Å². The lowest BCUT2D eigenvalue weighted by molar-refractivity contribution is 0.790. The number of aryl methyl sites for hydroxylation is 1. The number of aromatic amines is 2. The summed E-state index contributed by atoms with van der Waals surface area (Å²) in [6, 6.07) is 0. The first kappa shape index (κ1) is 9.70. The van der Waals surface area contributed by atoms with E-state index in [0.717, 1.165) is 23.2 Å². The van der Waals surface area contributed by atoms with E-state index in [1.165, 1.54) is 7.05 Å².